The van der Waals surface area contributed by atoms with Crippen LogP contribution in [0.15, 0.2) is 82.8 Å². The zero-order valence-corrected chi connectivity index (χ0v) is 17.1. The number of aromatic nitrogens is 1. The lowest BCUT2D eigenvalue weighted by atomic mass is 10.2. The van der Waals surface area contributed by atoms with Gasteiger partial charge in [-0.1, -0.05) is 18.2 Å². The highest BCUT2D eigenvalue weighted by molar-refractivity contribution is 8.18. The minimum atomic E-state index is -0.156. The summed E-state index contributed by atoms with van der Waals surface area (Å²) in [7, 11) is 1.61. The van der Waals surface area contributed by atoms with E-state index in [1.165, 1.54) is 0 Å². The van der Waals surface area contributed by atoms with Gasteiger partial charge in [-0.25, -0.2) is 4.99 Å². The molecule has 0 atom stereocenters. The van der Waals surface area contributed by atoms with Gasteiger partial charge in [-0.05, 0) is 71.9 Å². The number of nitrogens with one attached hydrogen (secondary N) is 1. The molecule has 1 aliphatic rings. The summed E-state index contributed by atoms with van der Waals surface area (Å²) in [4.78, 5) is 21.5. The third-order valence-corrected chi connectivity index (χ3v) is 5.06. The molecule has 1 fully saturated rings. The summed E-state index contributed by atoms with van der Waals surface area (Å²) in [5.74, 6) is 2.00. The number of carbonyl (C=O) groups is 1. The van der Waals surface area contributed by atoms with E-state index < -0.39 is 0 Å². The molecule has 1 N–H and O–H groups in total. The highest BCUT2D eigenvalue weighted by Crippen LogP contribution is 2.29. The summed E-state index contributed by atoms with van der Waals surface area (Å²) < 4.78 is 11.0. The minimum Gasteiger partial charge on any atom is -0.497 e. The number of amidine groups is 1. The molecule has 30 heavy (non-hydrogen) atoms. The molecule has 1 saturated heterocycles. The van der Waals surface area contributed by atoms with Crippen LogP contribution in [0, 0.1) is 0 Å². The van der Waals surface area contributed by atoms with Crippen molar-refractivity contribution < 1.29 is 14.3 Å². The average molecular weight is 417 g/mol. The largest absolute Gasteiger partial charge is 0.497 e. The number of ether oxygens (including phenoxy) is 2. The Hall–Kier alpha value is -3.58. The summed E-state index contributed by atoms with van der Waals surface area (Å²) in [5.41, 5.74) is 2.50. The molecule has 0 unspecified atom stereocenters. The number of carbonyl (C=O) groups excluding carboxylic acids is 1. The molecular weight excluding hydrogens is 398 g/mol. The van der Waals surface area contributed by atoms with Crippen molar-refractivity contribution in [3.63, 3.8) is 0 Å². The monoisotopic (exact) mass is 417 g/mol. The molecule has 0 saturated carbocycles. The van der Waals surface area contributed by atoms with Gasteiger partial charge in [0.1, 0.15) is 23.9 Å². The predicted molar refractivity (Wildman–Crippen MR) is 119 cm³/mol. The van der Waals surface area contributed by atoms with E-state index in [9.17, 15) is 4.79 Å². The first-order valence-electron chi connectivity index (χ1n) is 9.26. The van der Waals surface area contributed by atoms with Gasteiger partial charge in [0.2, 0.25) is 0 Å². The maximum absolute atomic E-state index is 11.9. The van der Waals surface area contributed by atoms with Gasteiger partial charge >= 0.3 is 0 Å². The first-order chi connectivity index (χ1) is 14.7. The fourth-order valence-electron chi connectivity index (χ4n) is 2.78. The van der Waals surface area contributed by atoms with Gasteiger partial charge < -0.3 is 14.8 Å². The summed E-state index contributed by atoms with van der Waals surface area (Å²) >= 11 is 1.12. The van der Waals surface area contributed by atoms with Crippen molar-refractivity contribution in [3.8, 4) is 11.5 Å². The summed E-state index contributed by atoms with van der Waals surface area (Å²) in [6, 6.07) is 20.7. The van der Waals surface area contributed by atoms with Crippen LogP contribution in [-0.2, 0) is 6.61 Å². The summed E-state index contributed by atoms with van der Waals surface area (Å²) in [6.45, 7) is 0.389. The Morgan fingerprint density at radius 1 is 1.07 bits per heavy atom. The lowest BCUT2D eigenvalue weighted by molar-refractivity contribution is 0.265. The number of aliphatic imine (C=N–C) groups is 1. The molecule has 3 aromatic rings. The zero-order valence-electron chi connectivity index (χ0n) is 16.2. The van der Waals surface area contributed by atoms with E-state index >= 15 is 0 Å². The maximum Gasteiger partial charge on any atom is 0.289 e. The molecule has 4 rings (SSSR count). The van der Waals surface area contributed by atoms with Crippen molar-refractivity contribution in [2.75, 3.05) is 7.11 Å². The Morgan fingerprint density at radius 3 is 2.70 bits per heavy atom. The molecule has 0 aliphatic carbocycles. The van der Waals surface area contributed by atoms with Crippen LogP contribution in [0.25, 0.3) is 6.08 Å². The minimum absolute atomic E-state index is 0.156. The second-order valence-corrected chi connectivity index (χ2v) is 7.38. The Morgan fingerprint density at radius 2 is 1.93 bits per heavy atom. The van der Waals surface area contributed by atoms with E-state index in [1.807, 2.05) is 72.8 Å². The Kier molecular flexibility index (Phi) is 6.10. The summed E-state index contributed by atoms with van der Waals surface area (Å²) in [6.07, 6.45) is 3.66. The average Bonchev–Trinajstić information content (AvgIpc) is 3.12. The molecule has 0 bridgehead atoms. The number of thioether (sulfide) groups is 1. The van der Waals surface area contributed by atoms with Crippen LogP contribution in [0.5, 0.6) is 11.5 Å². The van der Waals surface area contributed by atoms with Gasteiger partial charge in [0.25, 0.3) is 5.24 Å². The predicted octanol–water partition coefficient (Wildman–Crippen LogP) is 5.20. The smallest absolute Gasteiger partial charge is 0.289 e. The Labute approximate surface area is 178 Å². The van der Waals surface area contributed by atoms with E-state index in [1.54, 1.807) is 13.3 Å². The lowest BCUT2D eigenvalue weighted by Crippen LogP contribution is -2.18. The molecule has 2 aromatic carbocycles. The van der Waals surface area contributed by atoms with Crippen LogP contribution in [-0.4, -0.2) is 23.2 Å². The SMILES string of the molecule is COc1ccc(N=C2NC(=O)S/C2=C\c2cccc(OCc3ccccn3)c2)cc1. The van der Waals surface area contributed by atoms with Crippen molar-refractivity contribution in [1.29, 1.82) is 0 Å². The molecule has 7 heteroatoms. The van der Waals surface area contributed by atoms with E-state index in [2.05, 4.69) is 15.3 Å². The number of benzene rings is 2. The number of methoxy groups -OCH3 is 1. The molecule has 1 aromatic heterocycles. The number of hydrogen-bond acceptors (Lipinski definition) is 6. The molecule has 6 nitrogen and oxygen atoms in total. The van der Waals surface area contributed by atoms with E-state index in [4.69, 9.17) is 9.47 Å². The highest BCUT2D eigenvalue weighted by atomic mass is 32.2. The number of pyridine rings is 1. The molecular formula is C23H19N3O3S. The quantitative estimate of drug-likeness (QED) is 0.597. The number of amides is 1. The van der Waals surface area contributed by atoms with Crippen molar-refractivity contribution in [1.82, 2.24) is 10.3 Å². The van der Waals surface area contributed by atoms with Crippen molar-refractivity contribution in [2.45, 2.75) is 6.61 Å². The van der Waals surface area contributed by atoms with Crippen LogP contribution in [0.3, 0.4) is 0 Å². The molecule has 0 spiro atoms. The van der Waals surface area contributed by atoms with Crippen molar-refractivity contribution >= 4 is 34.6 Å². The maximum atomic E-state index is 11.9. The standard InChI is InChI=1S/C23H19N3O3S/c1-28-19-10-8-17(9-11-19)25-22-21(30-23(27)26-22)14-16-5-4-7-20(13-16)29-15-18-6-2-3-12-24-18/h2-14H,15H2,1H3,(H,25,26,27)/b21-14-. The van der Waals surface area contributed by atoms with E-state index in [-0.39, 0.29) is 5.24 Å². The van der Waals surface area contributed by atoms with Crippen LogP contribution < -0.4 is 14.8 Å². The fraction of sp³-hybridized carbons (Fsp3) is 0.0870. The third kappa shape index (κ3) is 5.07. The van der Waals surface area contributed by atoms with Crippen LogP contribution in [0.4, 0.5) is 10.5 Å². The lowest BCUT2D eigenvalue weighted by Gasteiger charge is -2.07. The Bertz CT molecular complexity index is 1100. The van der Waals surface area contributed by atoms with Crippen LogP contribution >= 0.6 is 11.8 Å². The van der Waals surface area contributed by atoms with Crippen molar-refractivity contribution in [2.24, 2.45) is 4.99 Å². The van der Waals surface area contributed by atoms with Gasteiger partial charge in [-0.3, -0.25) is 9.78 Å². The molecule has 2 heterocycles. The van der Waals surface area contributed by atoms with Gasteiger partial charge in [0.05, 0.1) is 23.4 Å². The number of hydrogen-bond donors (Lipinski definition) is 1. The van der Waals surface area contributed by atoms with Crippen LogP contribution in [0.1, 0.15) is 11.3 Å². The summed E-state index contributed by atoms with van der Waals surface area (Å²) in [5, 5.41) is 2.64. The first kappa shape index (κ1) is 19.7. The van der Waals surface area contributed by atoms with Gasteiger partial charge in [-0.15, -0.1) is 0 Å². The number of nitrogens with zero attached hydrogens (tertiary/aromatic N) is 2. The zero-order chi connectivity index (χ0) is 20.8. The molecule has 1 amide bonds. The molecule has 150 valence electrons. The third-order valence-electron chi connectivity index (χ3n) is 4.24. The van der Waals surface area contributed by atoms with E-state index in [0.29, 0.717) is 12.4 Å². The van der Waals surface area contributed by atoms with Crippen LogP contribution in [0.2, 0.25) is 0 Å². The number of rotatable bonds is 6. The topological polar surface area (TPSA) is 72.8 Å². The molecule has 1 aliphatic heterocycles. The van der Waals surface area contributed by atoms with Gasteiger partial charge in [0.15, 0.2) is 0 Å². The molecule has 0 radical (unpaired) electrons. The fourth-order valence-corrected chi connectivity index (χ4v) is 3.52. The first-order valence-corrected chi connectivity index (χ1v) is 10.1. The Balaban J connectivity index is 1.53. The second-order valence-electron chi connectivity index (χ2n) is 6.36. The van der Waals surface area contributed by atoms with Crippen molar-refractivity contribution in [3.05, 3.63) is 89.1 Å². The van der Waals surface area contributed by atoms with Gasteiger partial charge in [-0.2, -0.15) is 0 Å². The van der Waals surface area contributed by atoms with Gasteiger partial charge in [0, 0.05) is 6.20 Å². The highest BCUT2D eigenvalue weighted by Gasteiger charge is 2.23. The normalized spacial score (nSPS) is 16.0. The van der Waals surface area contributed by atoms with E-state index in [0.717, 1.165) is 45.1 Å². The second kappa shape index (κ2) is 9.28.